The molecular formula is C48H31NO2. The van der Waals surface area contributed by atoms with Crippen LogP contribution in [0.5, 0.6) is 0 Å². The lowest BCUT2D eigenvalue weighted by Gasteiger charge is -2.29. The van der Waals surface area contributed by atoms with Gasteiger partial charge in [-0.25, -0.2) is 0 Å². The van der Waals surface area contributed by atoms with Crippen molar-refractivity contribution in [1.29, 1.82) is 0 Å². The highest BCUT2D eigenvalue weighted by molar-refractivity contribution is 6.14. The van der Waals surface area contributed by atoms with Gasteiger partial charge in [0.25, 0.3) is 0 Å². The van der Waals surface area contributed by atoms with E-state index >= 15 is 0 Å². The standard InChI is InChI=1S/C48H31NO2/c1-2-13-32(14-3-1)34-15-10-16-35(31-34)37-17-4-7-21-41(37)49(42-22-12-26-46-48(42)40-19-6-9-24-44(40)51-46)36-29-27-33(28-30-36)38-20-11-25-45-47(38)39-18-5-8-23-43(39)50-45/h1-31H. The van der Waals surface area contributed by atoms with Crippen molar-refractivity contribution in [1.82, 2.24) is 0 Å². The smallest absolute Gasteiger partial charge is 0.137 e. The number of rotatable bonds is 6. The van der Waals surface area contributed by atoms with Crippen molar-refractivity contribution in [2.45, 2.75) is 0 Å². The molecule has 240 valence electrons. The summed E-state index contributed by atoms with van der Waals surface area (Å²) in [5.74, 6) is 0. The van der Waals surface area contributed by atoms with E-state index < -0.39 is 0 Å². The molecule has 10 rings (SSSR count). The van der Waals surface area contributed by atoms with Gasteiger partial charge in [0.15, 0.2) is 0 Å². The second kappa shape index (κ2) is 11.9. The van der Waals surface area contributed by atoms with E-state index in [0.717, 1.165) is 83.2 Å². The van der Waals surface area contributed by atoms with Gasteiger partial charge in [-0.2, -0.15) is 0 Å². The average Bonchev–Trinajstić information content (AvgIpc) is 3.78. The molecule has 0 saturated heterocycles. The van der Waals surface area contributed by atoms with Crippen LogP contribution in [0.1, 0.15) is 0 Å². The first kappa shape index (κ1) is 29.1. The van der Waals surface area contributed by atoms with Gasteiger partial charge in [0.2, 0.25) is 0 Å². The zero-order valence-electron chi connectivity index (χ0n) is 27.7. The van der Waals surface area contributed by atoms with Gasteiger partial charge >= 0.3 is 0 Å². The molecule has 0 radical (unpaired) electrons. The maximum atomic E-state index is 6.40. The Morgan fingerprint density at radius 3 is 1.63 bits per heavy atom. The molecule has 0 aliphatic heterocycles. The minimum absolute atomic E-state index is 0.859. The van der Waals surface area contributed by atoms with Crippen LogP contribution in [0, 0.1) is 0 Å². The van der Waals surface area contributed by atoms with Crippen LogP contribution in [-0.4, -0.2) is 0 Å². The molecule has 3 heteroatoms. The molecule has 8 aromatic carbocycles. The van der Waals surface area contributed by atoms with E-state index in [1.807, 2.05) is 24.3 Å². The van der Waals surface area contributed by atoms with Crippen molar-refractivity contribution in [3.8, 4) is 33.4 Å². The predicted octanol–water partition coefficient (Wildman–Crippen LogP) is 14.0. The van der Waals surface area contributed by atoms with Crippen molar-refractivity contribution < 1.29 is 8.83 Å². The van der Waals surface area contributed by atoms with Crippen molar-refractivity contribution in [3.05, 3.63) is 188 Å². The Kier molecular flexibility index (Phi) is 6.81. The Morgan fingerprint density at radius 1 is 0.314 bits per heavy atom. The third-order valence-corrected chi connectivity index (χ3v) is 9.89. The normalized spacial score (nSPS) is 11.5. The highest BCUT2D eigenvalue weighted by atomic mass is 16.3. The first-order chi connectivity index (χ1) is 25.3. The molecule has 0 aliphatic carbocycles. The molecule has 2 aromatic heterocycles. The first-order valence-electron chi connectivity index (χ1n) is 17.3. The topological polar surface area (TPSA) is 29.5 Å². The molecule has 0 amide bonds. The van der Waals surface area contributed by atoms with Crippen LogP contribution in [0.2, 0.25) is 0 Å². The fourth-order valence-electron chi connectivity index (χ4n) is 7.57. The van der Waals surface area contributed by atoms with Gasteiger partial charge in [-0.15, -0.1) is 0 Å². The number of hydrogen-bond acceptors (Lipinski definition) is 3. The van der Waals surface area contributed by atoms with Crippen LogP contribution >= 0.6 is 0 Å². The summed E-state index contributed by atoms with van der Waals surface area (Å²) < 4.78 is 12.6. The van der Waals surface area contributed by atoms with Gasteiger partial charge in [0.1, 0.15) is 22.3 Å². The van der Waals surface area contributed by atoms with Gasteiger partial charge in [0, 0.05) is 27.4 Å². The van der Waals surface area contributed by atoms with Crippen molar-refractivity contribution in [3.63, 3.8) is 0 Å². The summed E-state index contributed by atoms with van der Waals surface area (Å²) in [6.07, 6.45) is 0. The first-order valence-corrected chi connectivity index (χ1v) is 17.3. The molecule has 0 atom stereocenters. The third-order valence-electron chi connectivity index (χ3n) is 9.89. The highest BCUT2D eigenvalue weighted by Gasteiger charge is 2.22. The van der Waals surface area contributed by atoms with E-state index in [9.17, 15) is 0 Å². The van der Waals surface area contributed by atoms with Crippen LogP contribution in [0.25, 0.3) is 77.3 Å². The van der Waals surface area contributed by atoms with Gasteiger partial charge in [0.05, 0.1) is 16.8 Å². The number of benzene rings is 8. The molecule has 0 spiro atoms. The lowest BCUT2D eigenvalue weighted by atomic mass is 9.96. The summed E-state index contributed by atoms with van der Waals surface area (Å²) in [5, 5.41) is 4.43. The van der Waals surface area contributed by atoms with E-state index in [1.165, 1.54) is 11.1 Å². The lowest BCUT2D eigenvalue weighted by molar-refractivity contribution is 0.668. The van der Waals surface area contributed by atoms with Crippen LogP contribution in [-0.2, 0) is 0 Å². The Morgan fingerprint density at radius 2 is 0.843 bits per heavy atom. The minimum atomic E-state index is 0.859. The molecule has 2 heterocycles. The number of fused-ring (bicyclic) bond motifs is 6. The Hall–Kier alpha value is -6.84. The van der Waals surface area contributed by atoms with Gasteiger partial charge in [-0.3, -0.25) is 0 Å². The van der Waals surface area contributed by atoms with Crippen molar-refractivity contribution in [2.75, 3.05) is 4.90 Å². The number of anilines is 3. The van der Waals surface area contributed by atoms with E-state index in [2.05, 4.69) is 169 Å². The van der Waals surface area contributed by atoms with E-state index in [4.69, 9.17) is 8.83 Å². The molecular weight excluding hydrogens is 623 g/mol. The van der Waals surface area contributed by atoms with Crippen LogP contribution < -0.4 is 4.90 Å². The number of para-hydroxylation sites is 3. The monoisotopic (exact) mass is 653 g/mol. The molecule has 0 saturated carbocycles. The van der Waals surface area contributed by atoms with Gasteiger partial charge in [-0.05, 0) is 82.4 Å². The fraction of sp³-hybridized carbons (Fsp3) is 0. The number of hydrogen-bond donors (Lipinski definition) is 0. The quantitative estimate of drug-likeness (QED) is 0.179. The Balaban J connectivity index is 1.18. The van der Waals surface area contributed by atoms with Gasteiger partial charge < -0.3 is 13.7 Å². The molecule has 0 N–H and O–H groups in total. The zero-order valence-corrected chi connectivity index (χ0v) is 27.7. The minimum Gasteiger partial charge on any atom is -0.456 e. The average molecular weight is 654 g/mol. The summed E-state index contributed by atoms with van der Waals surface area (Å²) in [5.41, 5.74) is 13.7. The van der Waals surface area contributed by atoms with Crippen LogP contribution in [0.4, 0.5) is 17.1 Å². The molecule has 0 unspecified atom stereocenters. The Bertz CT molecular complexity index is 2860. The fourth-order valence-corrected chi connectivity index (χ4v) is 7.57. The highest BCUT2D eigenvalue weighted by Crippen LogP contribution is 2.47. The van der Waals surface area contributed by atoms with Crippen LogP contribution in [0.15, 0.2) is 197 Å². The summed E-state index contributed by atoms with van der Waals surface area (Å²) in [4.78, 5) is 2.38. The number of nitrogens with zero attached hydrogens (tertiary/aromatic N) is 1. The summed E-state index contributed by atoms with van der Waals surface area (Å²) in [7, 11) is 0. The predicted molar refractivity (Wildman–Crippen MR) is 212 cm³/mol. The molecule has 10 aromatic rings. The maximum absolute atomic E-state index is 6.40. The summed E-state index contributed by atoms with van der Waals surface area (Å²) in [6.45, 7) is 0. The second-order valence-electron chi connectivity index (χ2n) is 12.9. The van der Waals surface area contributed by atoms with Crippen LogP contribution in [0.3, 0.4) is 0 Å². The second-order valence-corrected chi connectivity index (χ2v) is 12.9. The Labute approximate surface area is 295 Å². The third kappa shape index (κ3) is 4.90. The van der Waals surface area contributed by atoms with E-state index in [-0.39, 0.29) is 0 Å². The molecule has 0 aliphatic rings. The van der Waals surface area contributed by atoms with Gasteiger partial charge in [-0.1, -0.05) is 133 Å². The largest absolute Gasteiger partial charge is 0.456 e. The molecule has 51 heavy (non-hydrogen) atoms. The summed E-state index contributed by atoms with van der Waals surface area (Å²) >= 11 is 0. The SMILES string of the molecule is c1ccc(-c2cccc(-c3ccccc3N(c3ccc(-c4cccc5oc6ccccc6c45)cc3)c3cccc4oc5ccccc5c34)c2)cc1. The van der Waals surface area contributed by atoms with Crippen molar-refractivity contribution >= 4 is 60.9 Å². The maximum Gasteiger partial charge on any atom is 0.137 e. The van der Waals surface area contributed by atoms with Crippen molar-refractivity contribution in [2.24, 2.45) is 0 Å². The van der Waals surface area contributed by atoms with E-state index in [0.29, 0.717) is 0 Å². The molecule has 3 nitrogen and oxygen atoms in total. The summed E-state index contributed by atoms with van der Waals surface area (Å²) in [6, 6.07) is 66.2. The van der Waals surface area contributed by atoms with E-state index in [1.54, 1.807) is 0 Å². The number of furan rings is 2. The zero-order chi connectivity index (χ0) is 33.7. The molecule has 0 bridgehead atoms. The lowest BCUT2D eigenvalue weighted by Crippen LogP contribution is -2.11. The molecule has 0 fully saturated rings.